The van der Waals surface area contributed by atoms with Crippen LogP contribution in [-0.4, -0.2) is 42.8 Å². The quantitative estimate of drug-likeness (QED) is 0.625. The molecule has 18 heavy (non-hydrogen) atoms. The van der Waals surface area contributed by atoms with Crippen molar-refractivity contribution in [3.05, 3.63) is 0 Å². The number of hydrogen-bond donors (Lipinski definition) is 1. The first-order valence-electron chi connectivity index (χ1n) is 3.90. The van der Waals surface area contributed by atoms with Gasteiger partial charge in [0.1, 0.15) is 0 Å². The molecular weight excluding hydrogens is 291 g/mol. The molecule has 0 aromatic rings. The fraction of sp³-hybridized carbons (Fsp3) is 1.00. The second-order valence-corrected chi connectivity index (χ2v) is 2.73. The van der Waals surface area contributed by atoms with Crippen LogP contribution in [0.2, 0.25) is 0 Å². The van der Waals surface area contributed by atoms with Gasteiger partial charge in [-0.3, -0.25) is 0 Å². The zero-order valence-electron chi connectivity index (χ0n) is 7.97. The van der Waals surface area contributed by atoms with Crippen LogP contribution < -0.4 is 0 Å². The summed E-state index contributed by atoms with van der Waals surface area (Å²) in [6.07, 6.45) is -26.7. The highest BCUT2D eigenvalue weighted by molar-refractivity contribution is 4.60. The summed E-state index contributed by atoms with van der Waals surface area (Å²) < 4.78 is 111. The van der Waals surface area contributed by atoms with Gasteiger partial charge in [-0.25, -0.2) is 13.2 Å². The highest BCUT2D eigenvalue weighted by Gasteiger charge is 2.47. The van der Waals surface area contributed by atoms with Crippen LogP contribution in [0.3, 0.4) is 0 Å². The summed E-state index contributed by atoms with van der Waals surface area (Å²) in [7, 11) is 0. The molecule has 1 N–H and O–H groups in total. The largest absolute Gasteiger partial charge is 0.445 e. The average Bonchev–Trinajstić information content (AvgIpc) is 2.14. The molecule has 0 bridgehead atoms. The van der Waals surface area contributed by atoms with Crippen LogP contribution in [0, 0.1) is 0 Å². The molecule has 0 fully saturated rings. The molecule has 4 atom stereocenters. The van der Waals surface area contributed by atoms with E-state index in [0.717, 1.165) is 0 Å². The highest BCUT2D eigenvalue weighted by Crippen LogP contribution is 2.28. The van der Waals surface area contributed by atoms with Gasteiger partial charge >= 0.3 is 12.4 Å². The Morgan fingerprint density at radius 1 is 0.722 bits per heavy atom. The Morgan fingerprint density at radius 3 is 1.39 bits per heavy atom. The molecule has 0 amide bonds. The van der Waals surface area contributed by atoms with Gasteiger partial charge < -0.3 is 14.6 Å². The lowest BCUT2D eigenvalue weighted by atomic mass is 10.5. The molecular formula is C6H5F9O3. The van der Waals surface area contributed by atoms with Crippen LogP contribution in [0.1, 0.15) is 0 Å². The van der Waals surface area contributed by atoms with Crippen LogP contribution in [0.5, 0.6) is 0 Å². The fourth-order valence-electron chi connectivity index (χ4n) is 0.520. The van der Waals surface area contributed by atoms with Gasteiger partial charge in [-0.15, -0.1) is 0 Å². The zero-order chi connectivity index (χ0) is 14.7. The zero-order valence-corrected chi connectivity index (χ0v) is 7.97. The first kappa shape index (κ1) is 17.2. The SMILES string of the molecule is OC(OC(F)C(F)(F)F)C(F)OC(F)C(F)(F)F. The normalized spacial score (nSPS) is 20.3. The van der Waals surface area contributed by atoms with Crippen LogP contribution in [-0.2, 0) is 9.47 Å². The molecule has 0 aromatic carbocycles. The molecule has 0 radical (unpaired) electrons. The molecule has 0 aliphatic carbocycles. The van der Waals surface area contributed by atoms with Crippen molar-refractivity contribution < 1.29 is 54.1 Å². The van der Waals surface area contributed by atoms with Crippen molar-refractivity contribution in [2.75, 3.05) is 0 Å². The van der Waals surface area contributed by atoms with Crippen molar-refractivity contribution in [2.45, 2.75) is 37.7 Å². The molecule has 110 valence electrons. The maximum absolute atomic E-state index is 12.5. The average molecular weight is 296 g/mol. The monoisotopic (exact) mass is 296 g/mol. The molecule has 4 unspecified atom stereocenters. The van der Waals surface area contributed by atoms with E-state index in [9.17, 15) is 39.5 Å². The van der Waals surface area contributed by atoms with Crippen molar-refractivity contribution in [1.82, 2.24) is 0 Å². The number of halogens is 9. The summed E-state index contributed by atoms with van der Waals surface area (Å²) in [5, 5.41) is 8.37. The summed E-state index contributed by atoms with van der Waals surface area (Å²) >= 11 is 0. The Hall–Kier alpha value is -0.750. The van der Waals surface area contributed by atoms with E-state index in [0.29, 0.717) is 0 Å². The Bertz CT molecular complexity index is 226. The van der Waals surface area contributed by atoms with Crippen LogP contribution in [0.25, 0.3) is 0 Å². The van der Waals surface area contributed by atoms with Gasteiger partial charge in [-0.05, 0) is 0 Å². The summed E-state index contributed by atoms with van der Waals surface area (Å²) in [5.41, 5.74) is 0. The first-order valence-corrected chi connectivity index (χ1v) is 3.90. The number of ether oxygens (including phenoxy) is 2. The van der Waals surface area contributed by atoms with Gasteiger partial charge in [0.2, 0.25) is 6.29 Å². The Balaban J connectivity index is 4.32. The van der Waals surface area contributed by atoms with Crippen molar-refractivity contribution in [2.24, 2.45) is 0 Å². The van der Waals surface area contributed by atoms with Crippen LogP contribution in [0.15, 0.2) is 0 Å². The van der Waals surface area contributed by atoms with Gasteiger partial charge in [-0.2, -0.15) is 26.3 Å². The molecule has 0 aliphatic rings. The minimum Gasteiger partial charge on any atom is -0.364 e. The lowest BCUT2D eigenvalue weighted by Crippen LogP contribution is -2.40. The number of aliphatic hydroxyl groups excluding tert-OH is 1. The highest BCUT2D eigenvalue weighted by atomic mass is 19.4. The summed E-state index contributed by atoms with van der Waals surface area (Å²) in [6.45, 7) is 0. The van der Waals surface area contributed by atoms with Crippen molar-refractivity contribution >= 4 is 0 Å². The summed E-state index contributed by atoms with van der Waals surface area (Å²) in [6, 6.07) is 0. The second kappa shape index (κ2) is 5.93. The third-order valence-electron chi connectivity index (χ3n) is 1.25. The second-order valence-electron chi connectivity index (χ2n) is 2.73. The Labute approximate surface area is 93.1 Å². The standard InChI is InChI=1S/C6H5F9O3/c7-1(17-3(8)5(10,11)12)2(16)18-4(9)6(13,14)15/h1-4,16H. The molecule has 3 nitrogen and oxygen atoms in total. The third-order valence-corrected chi connectivity index (χ3v) is 1.25. The Morgan fingerprint density at radius 2 is 1.06 bits per heavy atom. The topological polar surface area (TPSA) is 38.7 Å². The van der Waals surface area contributed by atoms with E-state index in [2.05, 4.69) is 9.47 Å². The number of alkyl halides is 9. The third kappa shape index (κ3) is 5.73. The first-order chi connectivity index (χ1) is 7.85. The Kier molecular flexibility index (Phi) is 5.68. The molecule has 0 heterocycles. The molecule has 0 aromatic heterocycles. The molecule has 0 aliphatic heterocycles. The van der Waals surface area contributed by atoms with Gasteiger partial charge in [0.05, 0.1) is 0 Å². The molecule has 12 heteroatoms. The minimum atomic E-state index is -5.66. The number of rotatable bonds is 5. The maximum atomic E-state index is 12.5. The van der Waals surface area contributed by atoms with Crippen molar-refractivity contribution in [3.63, 3.8) is 0 Å². The number of hydrogen-bond acceptors (Lipinski definition) is 3. The smallest absolute Gasteiger partial charge is 0.364 e. The minimum absolute atomic E-state index is 2.82. The fourth-order valence-corrected chi connectivity index (χ4v) is 0.520. The summed E-state index contributed by atoms with van der Waals surface area (Å²) in [4.78, 5) is 0. The number of aliphatic hydroxyl groups is 1. The van der Waals surface area contributed by atoms with E-state index in [1.54, 1.807) is 0 Å². The lowest BCUT2D eigenvalue weighted by molar-refractivity contribution is -0.358. The van der Waals surface area contributed by atoms with Gasteiger partial charge in [0.25, 0.3) is 19.1 Å². The summed E-state index contributed by atoms with van der Waals surface area (Å²) in [5.74, 6) is 0. The molecule has 0 spiro atoms. The van der Waals surface area contributed by atoms with Crippen molar-refractivity contribution in [3.8, 4) is 0 Å². The van der Waals surface area contributed by atoms with E-state index in [1.165, 1.54) is 0 Å². The van der Waals surface area contributed by atoms with E-state index < -0.39 is 37.7 Å². The molecule has 0 rings (SSSR count). The van der Waals surface area contributed by atoms with Crippen molar-refractivity contribution in [1.29, 1.82) is 0 Å². The predicted octanol–water partition coefficient (Wildman–Crippen LogP) is 2.35. The lowest BCUT2D eigenvalue weighted by Gasteiger charge is -2.22. The van der Waals surface area contributed by atoms with Gasteiger partial charge in [0.15, 0.2) is 0 Å². The van der Waals surface area contributed by atoms with Gasteiger partial charge in [-0.1, -0.05) is 0 Å². The molecule has 0 saturated carbocycles. The maximum Gasteiger partial charge on any atom is 0.445 e. The van der Waals surface area contributed by atoms with Crippen LogP contribution in [0.4, 0.5) is 39.5 Å². The van der Waals surface area contributed by atoms with Gasteiger partial charge in [0, 0.05) is 0 Å². The van der Waals surface area contributed by atoms with E-state index in [-0.39, 0.29) is 0 Å². The van der Waals surface area contributed by atoms with E-state index in [1.807, 2.05) is 0 Å². The molecule has 0 saturated heterocycles. The predicted molar refractivity (Wildman–Crippen MR) is 35.0 cm³/mol. The van der Waals surface area contributed by atoms with E-state index in [4.69, 9.17) is 5.11 Å². The van der Waals surface area contributed by atoms with E-state index >= 15 is 0 Å². The van der Waals surface area contributed by atoms with Crippen LogP contribution >= 0.6 is 0 Å².